The summed E-state index contributed by atoms with van der Waals surface area (Å²) in [6.45, 7) is 4.11. The zero-order valence-corrected chi connectivity index (χ0v) is 16.3. The van der Waals surface area contributed by atoms with Crippen molar-refractivity contribution in [1.29, 1.82) is 0 Å². The molecule has 1 aliphatic rings. The highest BCUT2D eigenvalue weighted by atomic mass is 32.1. The molecule has 0 saturated heterocycles. The highest BCUT2D eigenvalue weighted by molar-refractivity contribution is 7.80. The number of hydrogen-bond donors (Lipinski definition) is 2. The van der Waals surface area contributed by atoms with E-state index in [1.807, 2.05) is 43.3 Å². The SMILES string of the molecule is Cc1ccc(N=Nc2cc(C)ccc2NC(=S)NC2CCCCC2)cc1. The Morgan fingerprint density at radius 2 is 1.62 bits per heavy atom. The molecule has 4 nitrogen and oxygen atoms in total. The molecule has 0 unspecified atom stereocenters. The minimum atomic E-state index is 0.479. The molecule has 2 N–H and O–H groups in total. The zero-order valence-electron chi connectivity index (χ0n) is 15.5. The van der Waals surface area contributed by atoms with Crippen LogP contribution >= 0.6 is 12.2 Å². The predicted octanol–water partition coefficient (Wildman–Crippen LogP) is 6.34. The number of nitrogens with zero attached hydrogens (tertiary/aromatic N) is 2. The van der Waals surface area contributed by atoms with Crippen LogP contribution in [0.25, 0.3) is 0 Å². The van der Waals surface area contributed by atoms with E-state index in [-0.39, 0.29) is 0 Å². The molecule has 1 saturated carbocycles. The number of anilines is 1. The second-order valence-corrected chi connectivity index (χ2v) is 7.40. The summed E-state index contributed by atoms with van der Waals surface area (Å²) in [6, 6.07) is 14.6. The monoisotopic (exact) mass is 366 g/mol. The summed E-state index contributed by atoms with van der Waals surface area (Å²) in [5, 5.41) is 16.2. The van der Waals surface area contributed by atoms with Crippen molar-refractivity contribution in [3.05, 3.63) is 53.6 Å². The van der Waals surface area contributed by atoms with Crippen molar-refractivity contribution in [3.63, 3.8) is 0 Å². The summed E-state index contributed by atoms with van der Waals surface area (Å²) in [4.78, 5) is 0. The van der Waals surface area contributed by atoms with Crippen LogP contribution in [-0.4, -0.2) is 11.2 Å². The summed E-state index contributed by atoms with van der Waals surface area (Å²) in [7, 11) is 0. The second-order valence-electron chi connectivity index (χ2n) is 6.99. The number of aryl methyl sites for hydroxylation is 2. The van der Waals surface area contributed by atoms with E-state index in [0.717, 1.165) is 22.6 Å². The molecule has 0 spiro atoms. The molecule has 0 aliphatic heterocycles. The van der Waals surface area contributed by atoms with Gasteiger partial charge in [-0.2, -0.15) is 5.11 Å². The lowest BCUT2D eigenvalue weighted by Crippen LogP contribution is -2.38. The lowest BCUT2D eigenvalue weighted by Gasteiger charge is -2.24. The van der Waals surface area contributed by atoms with Crippen LogP contribution < -0.4 is 10.6 Å². The van der Waals surface area contributed by atoms with Crippen LogP contribution in [0.15, 0.2) is 52.7 Å². The minimum absolute atomic E-state index is 0.479. The van der Waals surface area contributed by atoms with Crippen molar-refractivity contribution >= 4 is 34.4 Å². The maximum Gasteiger partial charge on any atom is 0.171 e. The molecule has 2 aromatic carbocycles. The van der Waals surface area contributed by atoms with Crippen molar-refractivity contribution < 1.29 is 0 Å². The molecule has 0 aromatic heterocycles. The minimum Gasteiger partial charge on any atom is -0.360 e. The van der Waals surface area contributed by atoms with Crippen molar-refractivity contribution in [2.75, 3.05) is 5.32 Å². The highest BCUT2D eigenvalue weighted by Gasteiger charge is 2.14. The van der Waals surface area contributed by atoms with Gasteiger partial charge in [0.05, 0.1) is 11.4 Å². The molecule has 1 fully saturated rings. The van der Waals surface area contributed by atoms with Crippen molar-refractivity contribution in [3.8, 4) is 0 Å². The van der Waals surface area contributed by atoms with E-state index in [2.05, 4.69) is 33.9 Å². The van der Waals surface area contributed by atoms with E-state index in [4.69, 9.17) is 12.2 Å². The van der Waals surface area contributed by atoms with Crippen LogP contribution in [-0.2, 0) is 0 Å². The van der Waals surface area contributed by atoms with Gasteiger partial charge in [0.2, 0.25) is 0 Å². The van der Waals surface area contributed by atoms with E-state index < -0.39 is 0 Å². The fraction of sp³-hybridized carbons (Fsp3) is 0.381. The molecule has 136 valence electrons. The third kappa shape index (κ3) is 5.36. The maximum atomic E-state index is 5.51. The molecule has 0 radical (unpaired) electrons. The molecule has 0 bridgehead atoms. The topological polar surface area (TPSA) is 48.8 Å². The van der Waals surface area contributed by atoms with Gasteiger partial charge in [-0.3, -0.25) is 0 Å². The van der Waals surface area contributed by atoms with Crippen LogP contribution in [0.2, 0.25) is 0 Å². The van der Waals surface area contributed by atoms with E-state index >= 15 is 0 Å². The first kappa shape index (κ1) is 18.5. The van der Waals surface area contributed by atoms with Gasteiger partial charge in [-0.15, -0.1) is 5.11 Å². The summed E-state index contributed by atoms with van der Waals surface area (Å²) < 4.78 is 0. The molecule has 0 heterocycles. The number of thiocarbonyl (C=S) groups is 1. The Labute approximate surface area is 161 Å². The molecule has 26 heavy (non-hydrogen) atoms. The number of benzene rings is 2. The summed E-state index contributed by atoms with van der Waals surface area (Å²) in [5.74, 6) is 0. The molecule has 0 atom stereocenters. The van der Waals surface area contributed by atoms with Gasteiger partial charge < -0.3 is 10.6 Å². The Balaban J connectivity index is 1.70. The van der Waals surface area contributed by atoms with Gasteiger partial charge in [0.15, 0.2) is 5.11 Å². The Morgan fingerprint density at radius 3 is 2.35 bits per heavy atom. The molecular weight excluding hydrogens is 340 g/mol. The number of nitrogens with one attached hydrogen (secondary N) is 2. The first-order chi connectivity index (χ1) is 12.6. The predicted molar refractivity (Wildman–Crippen MR) is 113 cm³/mol. The van der Waals surface area contributed by atoms with E-state index in [0.29, 0.717) is 11.2 Å². The summed E-state index contributed by atoms with van der Waals surface area (Å²) in [5.41, 5.74) is 4.85. The molecule has 0 amide bonds. The summed E-state index contributed by atoms with van der Waals surface area (Å²) >= 11 is 5.51. The third-order valence-corrected chi connectivity index (χ3v) is 4.87. The number of rotatable bonds is 4. The van der Waals surface area contributed by atoms with Gasteiger partial charge >= 0.3 is 0 Å². The molecule has 5 heteroatoms. The van der Waals surface area contributed by atoms with Crippen LogP contribution in [0.5, 0.6) is 0 Å². The Hall–Kier alpha value is -2.27. The van der Waals surface area contributed by atoms with Gasteiger partial charge in [0.1, 0.15) is 5.69 Å². The van der Waals surface area contributed by atoms with E-state index in [1.54, 1.807) is 0 Å². The van der Waals surface area contributed by atoms with Crippen molar-refractivity contribution in [1.82, 2.24) is 5.32 Å². The van der Waals surface area contributed by atoms with Crippen LogP contribution in [0.1, 0.15) is 43.2 Å². The Kier molecular flexibility index (Phi) is 6.34. The van der Waals surface area contributed by atoms with E-state index in [9.17, 15) is 0 Å². The molecule has 2 aromatic rings. The second kappa shape index (κ2) is 8.90. The number of hydrogen-bond acceptors (Lipinski definition) is 3. The van der Waals surface area contributed by atoms with Gasteiger partial charge in [-0.25, -0.2) is 0 Å². The fourth-order valence-corrected chi connectivity index (χ4v) is 3.42. The average molecular weight is 367 g/mol. The quantitative estimate of drug-likeness (QED) is 0.490. The normalized spacial score (nSPS) is 15.2. The highest BCUT2D eigenvalue weighted by Crippen LogP contribution is 2.28. The van der Waals surface area contributed by atoms with Crippen molar-refractivity contribution in [2.24, 2.45) is 10.2 Å². The van der Waals surface area contributed by atoms with Gasteiger partial charge in [0.25, 0.3) is 0 Å². The Morgan fingerprint density at radius 1 is 0.923 bits per heavy atom. The molecular formula is C21H26N4S. The average Bonchev–Trinajstić information content (AvgIpc) is 2.64. The van der Waals surface area contributed by atoms with Gasteiger partial charge in [-0.1, -0.05) is 43.0 Å². The largest absolute Gasteiger partial charge is 0.360 e. The lowest BCUT2D eigenvalue weighted by molar-refractivity contribution is 0.415. The fourth-order valence-electron chi connectivity index (χ4n) is 3.14. The first-order valence-electron chi connectivity index (χ1n) is 9.27. The van der Waals surface area contributed by atoms with Crippen LogP contribution in [0.3, 0.4) is 0 Å². The van der Waals surface area contributed by atoms with Crippen LogP contribution in [0, 0.1) is 13.8 Å². The van der Waals surface area contributed by atoms with Gasteiger partial charge in [0, 0.05) is 6.04 Å². The third-order valence-electron chi connectivity index (χ3n) is 4.65. The van der Waals surface area contributed by atoms with Crippen molar-refractivity contribution in [2.45, 2.75) is 52.0 Å². The lowest BCUT2D eigenvalue weighted by atomic mass is 9.96. The zero-order chi connectivity index (χ0) is 18.4. The first-order valence-corrected chi connectivity index (χ1v) is 9.67. The van der Waals surface area contributed by atoms with E-state index in [1.165, 1.54) is 37.7 Å². The summed E-state index contributed by atoms with van der Waals surface area (Å²) in [6.07, 6.45) is 6.27. The smallest absolute Gasteiger partial charge is 0.171 e. The van der Waals surface area contributed by atoms with Crippen LogP contribution in [0.4, 0.5) is 17.1 Å². The number of azo groups is 1. The molecule has 1 aliphatic carbocycles. The standard InChI is InChI=1S/C21H26N4S/c1-15-8-11-18(12-9-15)24-25-20-14-16(2)10-13-19(20)23-21(26)22-17-6-4-3-5-7-17/h8-14,17H,3-7H2,1-2H3,(H2,22,23,26). The maximum absolute atomic E-state index is 5.51. The van der Waals surface area contributed by atoms with Gasteiger partial charge in [-0.05, 0) is 68.7 Å². The molecule has 3 rings (SSSR count). The Bertz CT molecular complexity index is 777.